The minimum Gasteiger partial charge on any atom is -0.335 e. The Morgan fingerprint density at radius 1 is 1.28 bits per heavy atom. The van der Waals surface area contributed by atoms with Crippen molar-refractivity contribution in [3.63, 3.8) is 0 Å². The number of rotatable bonds is 6. The summed E-state index contributed by atoms with van der Waals surface area (Å²) in [4.78, 5) is 8.41. The Bertz CT molecular complexity index is 464. The van der Waals surface area contributed by atoms with Crippen LogP contribution in [0.4, 0.5) is 0 Å². The SMILES string of the molecule is CCC(N)Cc1nccn1CCc1ccncc1. The van der Waals surface area contributed by atoms with E-state index >= 15 is 0 Å². The predicted octanol–water partition coefficient (Wildman–Crippen LogP) is 1.80. The third-order valence-electron chi connectivity index (χ3n) is 3.16. The van der Waals surface area contributed by atoms with Crippen LogP contribution in [0.1, 0.15) is 24.7 Å². The lowest BCUT2D eigenvalue weighted by Crippen LogP contribution is -2.23. The number of nitrogens with zero attached hydrogens (tertiary/aromatic N) is 3. The van der Waals surface area contributed by atoms with Gasteiger partial charge in [0, 0.05) is 43.8 Å². The van der Waals surface area contributed by atoms with Crippen molar-refractivity contribution in [2.75, 3.05) is 0 Å². The second kappa shape index (κ2) is 6.31. The van der Waals surface area contributed by atoms with E-state index in [0.29, 0.717) is 0 Å². The van der Waals surface area contributed by atoms with Gasteiger partial charge in [0.1, 0.15) is 5.82 Å². The van der Waals surface area contributed by atoms with Gasteiger partial charge < -0.3 is 10.3 Å². The number of nitrogens with two attached hydrogens (primary N) is 1. The van der Waals surface area contributed by atoms with Crippen LogP contribution in [0.2, 0.25) is 0 Å². The summed E-state index contributed by atoms with van der Waals surface area (Å²) in [6.07, 6.45) is 10.4. The highest BCUT2D eigenvalue weighted by Gasteiger charge is 2.07. The van der Waals surface area contributed by atoms with E-state index in [1.54, 1.807) is 0 Å². The zero-order valence-electron chi connectivity index (χ0n) is 10.8. The summed E-state index contributed by atoms with van der Waals surface area (Å²) >= 11 is 0. The van der Waals surface area contributed by atoms with Crippen LogP contribution in [-0.2, 0) is 19.4 Å². The van der Waals surface area contributed by atoms with Crippen molar-refractivity contribution < 1.29 is 0 Å². The summed E-state index contributed by atoms with van der Waals surface area (Å²) in [5.74, 6) is 1.08. The molecule has 0 bridgehead atoms. The minimum atomic E-state index is 0.201. The Labute approximate surface area is 108 Å². The Balaban J connectivity index is 1.95. The maximum Gasteiger partial charge on any atom is 0.110 e. The molecule has 0 spiro atoms. The van der Waals surface area contributed by atoms with E-state index < -0.39 is 0 Å². The topological polar surface area (TPSA) is 56.7 Å². The lowest BCUT2D eigenvalue weighted by molar-refractivity contribution is 0.579. The fourth-order valence-electron chi connectivity index (χ4n) is 1.91. The third kappa shape index (κ3) is 3.40. The fraction of sp³-hybridized carbons (Fsp3) is 0.429. The third-order valence-corrected chi connectivity index (χ3v) is 3.16. The summed E-state index contributed by atoms with van der Waals surface area (Å²) in [5, 5.41) is 0. The molecule has 2 heterocycles. The zero-order chi connectivity index (χ0) is 12.8. The van der Waals surface area contributed by atoms with E-state index in [4.69, 9.17) is 5.73 Å². The standard InChI is InChI=1S/C14H20N4/c1-2-13(15)11-14-17-8-10-18(14)9-5-12-3-6-16-7-4-12/h3-4,6-8,10,13H,2,5,9,11,15H2,1H3. The Hall–Kier alpha value is -1.68. The molecule has 2 aromatic rings. The van der Waals surface area contributed by atoms with Crippen molar-refractivity contribution in [1.82, 2.24) is 14.5 Å². The van der Waals surface area contributed by atoms with Crippen molar-refractivity contribution in [2.45, 2.75) is 38.8 Å². The Morgan fingerprint density at radius 3 is 2.78 bits per heavy atom. The molecule has 1 unspecified atom stereocenters. The first kappa shape index (κ1) is 12.8. The molecule has 0 amide bonds. The molecule has 0 fully saturated rings. The second-order valence-corrected chi connectivity index (χ2v) is 4.51. The highest BCUT2D eigenvalue weighted by atomic mass is 15.1. The van der Waals surface area contributed by atoms with Crippen molar-refractivity contribution in [1.29, 1.82) is 0 Å². The summed E-state index contributed by atoms with van der Waals surface area (Å²) < 4.78 is 2.19. The summed E-state index contributed by atoms with van der Waals surface area (Å²) in [5.41, 5.74) is 7.27. The molecule has 2 aromatic heterocycles. The smallest absolute Gasteiger partial charge is 0.110 e. The van der Waals surface area contributed by atoms with Gasteiger partial charge in [-0.25, -0.2) is 4.98 Å². The van der Waals surface area contributed by atoms with E-state index in [1.807, 2.05) is 36.9 Å². The number of hydrogen-bond acceptors (Lipinski definition) is 3. The van der Waals surface area contributed by atoms with E-state index in [2.05, 4.69) is 21.5 Å². The van der Waals surface area contributed by atoms with Crippen LogP contribution in [0.3, 0.4) is 0 Å². The summed E-state index contributed by atoms with van der Waals surface area (Å²) in [6, 6.07) is 4.30. The van der Waals surface area contributed by atoms with Gasteiger partial charge in [0.2, 0.25) is 0 Å². The van der Waals surface area contributed by atoms with Crippen LogP contribution < -0.4 is 5.73 Å². The Kier molecular flexibility index (Phi) is 4.47. The highest BCUT2D eigenvalue weighted by molar-refractivity contribution is 5.10. The van der Waals surface area contributed by atoms with Crippen molar-refractivity contribution in [3.05, 3.63) is 48.3 Å². The molecule has 2 rings (SSSR count). The quantitative estimate of drug-likeness (QED) is 0.843. The number of aromatic nitrogens is 3. The van der Waals surface area contributed by atoms with Gasteiger partial charge in [0.05, 0.1) is 0 Å². The maximum atomic E-state index is 5.98. The fourth-order valence-corrected chi connectivity index (χ4v) is 1.91. The van der Waals surface area contributed by atoms with Gasteiger partial charge in [-0.15, -0.1) is 0 Å². The van der Waals surface area contributed by atoms with Crippen LogP contribution in [-0.4, -0.2) is 20.6 Å². The summed E-state index contributed by atoms with van der Waals surface area (Å²) in [6.45, 7) is 3.05. The van der Waals surface area contributed by atoms with Crippen molar-refractivity contribution in [3.8, 4) is 0 Å². The molecule has 0 aromatic carbocycles. The molecule has 0 saturated heterocycles. The first-order valence-electron chi connectivity index (χ1n) is 6.44. The molecule has 0 saturated carbocycles. The van der Waals surface area contributed by atoms with E-state index in [1.165, 1.54) is 5.56 Å². The first-order valence-corrected chi connectivity index (χ1v) is 6.44. The molecule has 0 radical (unpaired) electrons. The van der Waals surface area contributed by atoms with Crippen molar-refractivity contribution in [2.24, 2.45) is 5.73 Å². The van der Waals surface area contributed by atoms with E-state index in [-0.39, 0.29) is 6.04 Å². The van der Waals surface area contributed by atoms with Gasteiger partial charge in [-0.1, -0.05) is 6.92 Å². The van der Waals surface area contributed by atoms with Crippen LogP contribution >= 0.6 is 0 Å². The molecule has 0 aliphatic heterocycles. The monoisotopic (exact) mass is 244 g/mol. The molecule has 0 aliphatic rings. The minimum absolute atomic E-state index is 0.201. The molecule has 2 N–H and O–H groups in total. The average molecular weight is 244 g/mol. The molecule has 4 heteroatoms. The number of pyridine rings is 1. The Morgan fingerprint density at radius 2 is 2.06 bits per heavy atom. The molecule has 0 aliphatic carbocycles. The lowest BCUT2D eigenvalue weighted by Gasteiger charge is -2.11. The van der Waals surface area contributed by atoms with Gasteiger partial charge in [-0.3, -0.25) is 4.98 Å². The van der Waals surface area contributed by atoms with Gasteiger partial charge in [-0.05, 0) is 30.5 Å². The van der Waals surface area contributed by atoms with Gasteiger partial charge in [0.15, 0.2) is 0 Å². The van der Waals surface area contributed by atoms with Crippen molar-refractivity contribution >= 4 is 0 Å². The maximum absolute atomic E-state index is 5.98. The molecule has 4 nitrogen and oxygen atoms in total. The van der Waals surface area contributed by atoms with Crippen LogP contribution in [0.5, 0.6) is 0 Å². The largest absolute Gasteiger partial charge is 0.335 e. The molecule has 18 heavy (non-hydrogen) atoms. The number of hydrogen-bond donors (Lipinski definition) is 1. The number of aryl methyl sites for hydroxylation is 2. The molecular weight excluding hydrogens is 224 g/mol. The van der Waals surface area contributed by atoms with Crippen LogP contribution in [0.25, 0.3) is 0 Å². The molecule has 96 valence electrons. The highest BCUT2D eigenvalue weighted by Crippen LogP contribution is 2.06. The lowest BCUT2D eigenvalue weighted by atomic mass is 10.1. The second-order valence-electron chi connectivity index (χ2n) is 4.51. The normalized spacial score (nSPS) is 12.6. The molecular formula is C14H20N4. The average Bonchev–Trinajstić information content (AvgIpc) is 2.84. The zero-order valence-corrected chi connectivity index (χ0v) is 10.8. The summed E-state index contributed by atoms with van der Waals surface area (Å²) in [7, 11) is 0. The van der Waals surface area contributed by atoms with Gasteiger partial charge >= 0.3 is 0 Å². The number of imidazole rings is 1. The molecule has 1 atom stereocenters. The predicted molar refractivity (Wildman–Crippen MR) is 72.1 cm³/mol. The van der Waals surface area contributed by atoms with E-state index in [9.17, 15) is 0 Å². The van der Waals surface area contributed by atoms with Crippen LogP contribution in [0, 0.1) is 0 Å². The first-order chi connectivity index (χ1) is 8.79. The van der Waals surface area contributed by atoms with E-state index in [0.717, 1.165) is 31.6 Å². The van der Waals surface area contributed by atoms with Gasteiger partial charge in [-0.2, -0.15) is 0 Å². The van der Waals surface area contributed by atoms with Crippen LogP contribution in [0.15, 0.2) is 36.9 Å². The van der Waals surface area contributed by atoms with Gasteiger partial charge in [0.25, 0.3) is 0 Å².